The number of hydrogen-bond acceptors (Lipinski definition) is 2. The summed E-state index contributed by atoms with van der Waals surface area (Å²) >= 11 is 4.33. The zero-order valence-corrected chi connectivity index (χ0v) is 10.1. The van der Waals surface area contributed by atoms with E-state index in [-0.39, 0.29) is 0 Å². The van der Waals surface area contributed by atoms with Crippen LogP contribution in [0.2, 0.25) is 0 Å². The van der Waals surface area contributed by atoms with Crippen LogP contribution in [0.25, 0.3) is 0 Å². The molecule has 0 saturated carbocycles. The van der Waals surface area contributed by atoms with Gasteiger partial charge in [0.2, 0.25) is 0 Å². The van der Waals surface area contributed by atoms with Crippen molar-refractivity contribution in [1.82, 2.24) is 0 Å². The normalized spacial score (nSPS) is 23.0. The van der Waals surface area contributed by atoms with Crippen LogP contribution >= 0.6 is 21.6 Å². The minimum absolute atomic E-state index is 0.953. The van der Waals surface area contributed by atoms with E-state index in [0.29, 0.717) is 0 Å². The van der Waals surface area contributed by atoms with Crippen LogP contribution in [0.3, 0.4) is 0 Å². The molecule has 1 aliphatic heterocycles. The Hall–Kier alpha value is 1.08. The van der Waals surface area contributed by atoms with E-state index in [1.807, 2.05) is 10.8 Å². The Bertz CT molecular complexity index is 141. The van der Waals surface area contributed by atoms with Gasteiger partial charge in [-0.25, -0.2) is 0 Å². The molecule has 0 aromatic carbocycles. The molecule has 0 amide bonds. The summed E-state index contributed by atoms with van der Waals surface area (Å²) in [5.41, 5.74) is 0. The zero-order valence-electron chi connectivity index (χ0n) is 7.47. The molecule has 0 nitrogen and oxygen atoms in total. The van der Waals surface area contributed by atoms with Gasteiger partial charge in [0.05, 0.1) is 0 Å². The van der Waals surface area contributed by atoms with Gasteiger partial charge in [0, 0.05) is 0 Å². The summed E-state index contributed by atoms with van der Waals surface area (Å²) in [7, 11) is 4.13. The van der Waals surface area contributed by atoms with Crippen LogP contribution in [0.1, 0.15) is 39.0 Å². The van der Waals surface area contributed by atoms with Crippen LogP contribution in [0.4, 0.5) is 0 Å². The first kappa shape index (κ1) is 11.2. The summed E-state index contributed by atoms with van der Waals surface area (Å²) in [5, 5.41) is 0.953. The monoisotopic (exact) mass is 247 g/mol. The molecule has 0 aromatic heterocycles. The third-order valence-corrected chi connectivity index (χ3v) is 5.28. The molecule has 0 bridgehead atoms. The molecule has 0 unspecified atom stereocenters. The van der Waals surface area contributed by atoms with Gasteiger partial charge in [0.25, 0.3) is 0 Å². The third-order valence-electron chi connectivity index (χ3n) is 2.01. The van der Waals surface area contributed by atoms with Crippen molar-refractivity contribution < 1.29 is 15.3 Å². The van der Waals surface area contributed by atoms with Crippen LogP contribution in [0.5, 0.6) is 0 Å². The summed E-state index contributed by atoms with van der Waals surface area (Å²) in [6.45, 7) is 2.10. The first-order chi connectivity index (χ1) is 5.79. The Kier molecular flexibility index (Phi) is 6.06. The molecule has 1 saturated heterocycles. The van der Waals surface area contributed by atoms with E-state index in [1.54, 1.807) is 0 Å². The van der Waals surface area contributed by atoms with E-state index in [0.717, 1.165) is 5.25 Å². The maximum atomic E-state index is 4.33. The third kappa shape index (κ3) is 4.95. The number of hydrogen-bond donors (Lipinski definition) is 0. The second-order valence-corrected chi connectivity index (χ2v) is 6.89. The first-order valence-electron chi connectivity index (χ1n) is 4.53. The predicted octanol–water partition coefficient (Wildman–Crippen LogP) is 3.44. The van der Waals surface area contributed by atoms with E-state index >= 15 is 0 Å². The molecular formula is C9H16CoS2. The van der Waals surface area contributed by atoms with Gasteiger partial charge < -0.3 is 0 Å². The van der Waals surface area contributed by atoms with Crippen LogP contribution in [-0.4, -0.2) is 15.5 Å². The molecule has 1 fully saturated rings. The molecule has 1 heterocycles. The number of rotatable bonds is 5. The molecule has 0 N–H and O–H groups in total. The molecule has 1 rings (SSSR count). The van der Waals surface area contributed by atoms with Crippen molar-refractivity contribution in [1.29, 1.82) is 0 Å². The van der Waals surface area contributed by atoms with E-state index < -0.39 is 0 Å². The molecule has 1 aliphatic rings. The van der Waals surface area contributed by atoms with Crippen molar-refractivity contribution in [2.75, 3.05) is 5.75 Å². The first-order valence-corrected chi connectivity index (χ1v) is 7.43. The van der Waals surface area contributed by atoms with Gasteiger partial charge in [-0.3, -0.25) is 0 Å². The maximum absolute atomic E-state index is 4.33. The predicted molar refractivity (Wildman–Crippen MR) is 57.6 cm³/mol. The molecule has 12 heavy (non-hydrogen) atoms. The number of unbranched alkanes of at least 4 members (excludes halogenated alkanes) is 1. The molecule has 0 aliphatic carbocycles. The second kappa shape index (κ2) is 6.52. The van der Waals surface area contributed by atoms with E-state index in [4.69, 9.17) is 0 Å². The van der Waals surface area contributed by atoms with Crippen molar-refractivity contribution in [2.45, 2.75) is 44.3 Å². The Morgan fingerprint density at radius 2 is 2.33 bits per heavy atom. The quantitative estimate of drug-likeness (QED) is 0.539. The average Bonchev–Trinajstić information content (AvgIpc) is 2.49. The molecule has 0 aromatic rings. The topological polar surface area (TPSA) is 0 Å². The summed E-state index contributed by atoms with van der Waals surface area (Å²) in [4.78, 5) is 0. The zero-order chi connectivity index (χ0) is 8.81. The van der Waals surface area contributed by atoms with Gasteiger partial charge in [-0.1, -0.05) is 0 Å². The Morgan fingerprint density at radius 3 is 2.92 bits per heavy atom. The SMILES string of the molecule is C[C](=[Co])CCCC[C@@H]1CCSS1. The van der Waals surface area contributed by atoms with Crippen molar-refractivity contribution in [3.63, 3.8) is 0 Å². The van der Waals surface area contributed by atoms with Gasteiger partial charge in [-0.05, 0) is 0 Å². The van der Waals surface area contributed by atoms with Crippen LogP contribution in [0, 0.1) is 0 Å². The van der Waals surface area contributed by atoms with Crippen molar-refractivity contribution in [3.05, 3.63) is 0 Å². The molecule has 73 valence electrons. The second-order valence-electron chi connectivity index (χ2n) is 3.21. The van der Waals surface area contributed by atoms with Gasteiger partial charge >= 0.3 is 91.4 Å². The molecule has 3 heteroatoms. The Balaban J connectivity index is 1.91. The molecule has 0 radical (unpaired) electrons. The van der Waals surface area contributed by atoms with Crippen molar-refractivity contribution >= 4 is 26.0 Å². The fourth-order valence-corrected chi connectivity index (χ4v) is 4.51. The Labute approximate surface area is 91.2 Å². The molecule has 1 atom stereocenters. The summed E-state index contributed by atoms with van der Waals surface area (Å²) in [6, 6.07) is 0. The fraction of sp³-hybridized carbons (Fsp3) is 0.889. The van der Waals surface area contributed by atoms with E-state index in [1.165, 1.54) is 42.3 Å². The average molecular weight is 247 g/mol. The van der Waals surface area contributed by atoms with Crippen molar-refractivity contribution in [2.24, 2.45) is 0 Å². The van der Waals surface area contributed by atoms with Gasteiger partial charge in [-0.2, -0.15) is 0 Å². The van der Waals surface area contributed by atoms with Gasteiger partial charge in [-0.15, -0.1) is 0 Å². The summed E-state index contributed by atoms with van der Waals surface area (Å²) in [5.74, 6) is 1.37. The molecular weight excluding hydrogens is 231 g/mol. The summed E-state index contributed by atoms with van der Waals surface area (Å²) < 4.78 is 1.27. The Morgan fingerprint density at radius 1 is 1.50 bits per heavy atom. The standard InChI is InChI=1S/C9H16S2.Co/c1-2-3-4-5-6-9-7-8-10-11-9;/h9H,3-8H2,1H3;/t9-;/m1./s1. The van der Waals surface area contributed by atoms with E-state index in [2.05, 4.69) is 33.0 Å². The summed E-state index contributed by atoms with van der Waals surface area (Å²) in [6.07, 6.45) is 6.76. The molecule has 0 spiro atoms. The van der Waals surface area contributed by atoms with Crippen LogP contribution in [-0.2, 0) is 15.3 Å². The van der Waals surface area contributed by atoms with Crippen LogP contribution < -0.4 is 0 Å². The minimum atomic E-state index is 0.953. The van der Waals surface area contributed by atoms with E-state index in [9.17, 15) is 0 Å². The van der Waals surface area contributed by atoms with Gasteiger partial charge in [0.15, 0.2) is 0 Å². The van der Waals surface area contributed by atoms with Crippen LogP contribution in [0.15, 0.2) is 0 Å². The fourth-order valence-electron chi connectivity index (χ4n) is 1.30. The van der Waals surface area contributed by atoms with Gasteiger partial charge in [0.1, 0.15) is 0 Å². The van der Waals surface area contributed by atoms with Crippen molar-refractivity contribution in [3.8, 4) is 0 Å².